The maximum atomic E-state index is 11.5. The van der Waals surface area contributed by atoms with E-state index in [-0.39, 0.29) is 17.9 Å². The average molecular weight is 253 g/mol. The van der Waals surface area contributed by atoms with Crippen LogP contribution in [0, 0.1) is 10.1 Å². The van der Waals surface area contributed by atoms with Gasteiger partial charge < -0.3 is 9.47 Å². The fourth-order valence-electron chi connectivity index (χ4n) is 1.16. The summed E-state index contributed by atoms with van der Waals surface area (Å²) in [6, 6.07) is 5.05. The molecule has 96 valence electrons. The van der Waals surface area contributed by atoms with Crippen molar-refractivity contribution in [2.45, 2.75) is 6.92 Å². The lowest BCUT2D eigenvalue weighted by atomic mass is 10.2. The zero-order valence-corrected chi connectivity index (χ0v) is 9.62. The highest BCUT2D eigenvalue weighted by atomic mass is 16.6. The van der Waals surface area contributed by atoms with E-state index in [1.165, 1.54) is 18.2 Å². The van der Waals surface area contributed by atoms with Crippen LogP contribution >= 0.6 is 0 Å². The van der Waals surface area contributed by atoms with Crippen LogP contribution in [0.25, 0.3) is 0 Å². The first-order valence-corrected chi connectivity index (χ1v) is 5.11. The van der Waals surface area contributed by atoms with Gasteiger partial charge in [0, 0.05) is 12.1 Å². The van der Waals surface area contributed by atoms with E-state index < -0.39 is 23.5 Å². The van der Waals surface area contributed by atoms with Crippen LogP contribution in [0.1, 0.15) is 17.3 Å². The maximum Gasteiger partial charge on any atom is 0.344 e. The molecule has 0 bridgehead atoms. The minimum atomic E-state index is -0.813. The van der Waals surface area contributed by atoms with Crippen LogP contribution in [0.15, 0.2) is 24.3 Å². The highest BCUT2D eigenvalue weighted by Gasteiger charge is 2.14. The SMILES string of the molecule is CCOC(=O)COC(=O)c1cccc([N+](=O)[O-])c1. The number of ether oxygens (including phenoxy) is 2. The summed E-state index contributed by atoms with van der Waals surface area (Å²) in [5.41, 5.74) is -0.214. The lowest BCUT2D eigenvalue weighted by Crippen LogP contribution is -2.16. The van der Waals surface area contributed by atoms with Crippen LogP contribution < -0.4 is 0 Å². The molecule has 0 heterocycles. The highest BCUT2D eigenvalue weighted by molar-refractivity contribution is 5.91. The fraction of sp³-hybridized carbons (Fsp3) is 0.273. The van der Waals surface area contributed by atoms with Gasteiger partial charge in [0.1, 0.15) is 0 Å². The van der Waals surface area contributed by atoms with Gasteiger partial charge in [0.25, 0.3) is 5.69 Å². The second-order valence-corrected chi connectivity index (χ2v) is 3.19. The van der Waals surface area contributed by atoms with E-state index in [4.69, 9.17) is 0 Å². The van der Waals surface area contributed by atoms with Gasteiger partial charge in [0.15, 0.2) is 6.61 Å². The number of carbonyl (C=O) groups is 2. The predicted molar refractivity (Wildman–Crippen MR) is 60.0 cm³/mol. The monoisotopic (exact) mass is 253 g/mol. The Balaban J connectivity index is 2.64. The first-order chi connectivity index (χ1) is 8.54. The van der Waals surface area contributed by atoms with Crippen LogP contribution in [-0.4, -0.2) is 30.1 Å². The Hall–Kier alpha value is -2.44. The topological polar surface area (TPSA) is 95.7 Å². The smallest absolute Gasteiger partial charge is 0.344 e. The van der Waals surface area contributed by atoms with E-state index in [2.05, 4.69) is 9.47 Å². The molecule has 0 N–H and O–H groups in total. The number of benzene rings is 1. The van der Waals surface area contributed by atoms with Gasteiger partial charge in [0.2, 0.25) is 0 Å². The summed E-state index contributed by atoms with van der Waals surface area (Å²) in [6.07, 6.45) is 0. The zero-order chi connectivity index (χ0) is 13.5. The van der Waals surface area contributed by atoms with E-state index in [9.17, 15) is 19.7 Å². The zero-order valence-electron chi connectivity index (χ0n) is 9.62. The summed E-state index contributed by atoms with van der Waals surface area (Å²) in [6.45, 7) is 1.29. The van der Waals surface area contributed by atoms with Crippen molar-refractivity contribution >= 4 is 17.6 Å². The van der Waals surface area contributed by atoms with Crippen LogP contribution in [0.4, 0.5) is 5.69 Å². The third-order valence-corrected chi connectivity index (χ3v) is 1.92. The van der Waals surface area contributed by atoms with Gasteiger partial charge >= 0.3 is 11.9 Å². The molecule has 0 aliphatic rings. The third-order valence-electron chi connectivity index (χ3n) is 1.92. The number of esters is 2. The lowest BCUT2D eigenvalue weighted by molar-refractivity contribution is -0.384. The largest absolute Gasteiger partial charge is 0.463 e. The molecule has 0 saturated carbocycles. The number of hydrogen-bond donors (Lipinski definition) is 0. The normalized spacial score (nSPS) is 9.61. The lowest BCUT2D eigenvalue weighted by Gasteiger charge is -2.04. The molecule has 0 aliphatic carbocycles. The number of nitro benzene ring substituents is 1. The Bertz CT molecular complexity index is 470. The van der Waals surface area contributed by atoms with Gasteiger partial charge in [-0.2, -0.15) is 0 Å². The van der Waals surface area contributed by atoms with Crippen molar-refractivity contribution in [3.8, 4) is 0 Å². The van der Waals surface area contributed by atoms with Crippen molar-refractivity contribution in [3.05, 3.63) is 39.9 Å². The van der Waals surface area contributed by atoms with Gasteiger partial charge in [-0.05, 0) is 13.0 Å². The molecule has 7 nitrogen and oxygen atoms in total. The molecule has 0 atom stereocenters. The minimum absolute atomic E-state index is 0.00787. The number of carbonyl (C=O) groups excluding carboxylic acids is 2. The van der Waals surface area contributed by atoms with Crippen molar-refractivity contribution in [2.75, 3.05) is 13.2 Å². The van der Waals surface area contributed by atoms with E-state index in [1.807, 2.05) is 0 Å². The van der Waals surface area contributed by atoms with E-state index in [1.54, 1.807) is 6.92 Å². The van der Waals surface area contributed by atoms with Gasteiger partial charge in [-0.1, -0.05) is 6.07 Å². The van der Waals surface area contributed by atoms with Crippen LogP contribution in [0.3, 0.4) is 0 Å². The molecule has 7 heteroatoms. The van der Waals surface area contributed by atoms with Crippen LogP contribution in [0.5, 0.6) is 0 Å². The molecule has 1 rings (SSSR count). The molecule has 0 fully saturated rings. The number of non-ortho nitro benzene ring substituents is 1. The molecule has 1 aromatic rings. The predicted octanol–water partition coefficient (Wildman–Crippen LogP) is 1.31. The molecular formula is C11H11NO6. The molecule has 0 amide bonds. The standard InChI is InChI=1S/C11H11NO6/c1-2-17-10(13)7-18-11(14)8-4-3-5-9(6-8)12(15)16/h3-6H,2,7H2,1H3. The van der Waals surface area contributed by atoms with Gasteiger partial charge in [-0.15, -0.1) is 0 Å². The number of hydrogen-bond acceptors (Lipinski definition) is 6. The molecule has 18 heavy (non-hydrogen) atoms. The van der Waals surface area contributed by atoms with Crippen LogP contribution in [0.2, 0.25) is 0 Å². The summed E-state index contributed by atoms with van der Waals surface area (Å²) < 4.78 is 9.21. The van der Waals surface area contributed by atoms with Gasteiger partial charge in [-0.25, -0.2) is 9.59 Å². The first-order valence-electron chi connectivity index (χ1n) is 5.11. The highest BCUT2D eigenvalue weighted by Crippen LogP contribution is 2.13. The van der Waals surface area contributed by atoms with Crippen LogP contribution in [-0.2, 0) is 14.3 Å². The molecule has 0 radical (unpaired) electrons. The Labute approximate surface area is 102 Å². The number of rotatable bonds is 5. The molecule has 0 unspecified atom stereocenters. The summed E-state index contributed by atoms with van der Waals surface area (Å²) in [7, 11) is 0. The van der Waals surface area contributed by atoms with Crippen molar-refractivity contribution in [1.29, 1.82) is 0 Å². The van der Waals surface area contributed by atoms with E-state index >= 15 is 0 Å². The quantitative estimate of drug-likeness (QED) is 0.446. The molecule has 0 spiro atoms. The summed E-state index contributed by atoms with van der Waals surface area (Å²) >= 11 is 0. The van der Waals surface area contributed by atoms with E-state index in [0.717, 1.165) is 6.07 Å². The average Bonchev–Trinajstić information content (AvgIpc) is 2.36. The molecule has 1 aromatic carbocycles. The summed E-state index contributed by atoms with van der Waals surface area (Å²) in [5.74, 6) is -1.48. The summed E-state index contributed by atoms with van der Waals surface area (Å²) in [5, 5.41) is 10.5. The minimum Gasteiger partial charge on any atom is -0.463 e. The molecule has 0 aromatic heterocycles. The number of nitro groups is 1. The third kappa shape index (κ3) is 3.85. The second kappa shape index (κ2) is 6.33. The maximum absolute atomic E-state index is 11.5. The Kier molecular flexibility index (Phi) is 4.79. The number of nitrogens with zero attached hydrogens (tertiary/aromatic N) is 1. The van der Waals surface area contributed by atoms with Crippen molar-refractivity contribution in [2.24, 2.45) is 0 Å². The Morgan fingerprint density at radius 2 is 2.06 bits per heavy atom. The summed E-state index contributed by atoms with van der Waals surface area (Å²) in [4.78, 5) is 32.3. The molecular weight excluding hydrogens is 242 g/mol. The second-order valence-electron chi connectivity index (χ2n) is 3.19. The van der Waals surface area contributed by atoms with Gasteiger partial charge in [0.05, 0.1) is 17.1 Å². The molecule has 0 saturated heterocycles. The van der Waals surface area contributed by atoms with Crippen molar-refractivity contribution < 1.29 is 24.0 Å². The van der Waals surface area contributed by atoms with Crippen molar-refractivity contribution in [1.82, 2.24) is 0 Å². The Morgan fingerprint density at radius 3 is 2.67 bits per heavy atom. The molecule has 0 aliphatic heterocycles. The fourth-order valence-corrected chi connectivity index (χ4v) is 1.16. The van der Waals surface area contributed by atoms with Crippen molar-refractivity contribution in [3.63, 3.8) is 0 Å². The first kappa shape index (κ1) is 13.6. The van der Waals surface area contributed by atoms with E-state index in [0.29, 0.717) is 0 Å². The van der Waals surface area contributed by atoms with Gasteiger partial charge in [-0.3, -0.25) is 10.1 Å². The Morgan fingerprint density at radius 1 is 1.33 bits per heavy atom.